The van der Waals surface area contributed by atoms with E-state index in [1.54, 1.807) is 0 Å². The van der Waals surface area contributed by atoms with Crippen molar-refractivity contribution in [1.82, 2.24) is 5.12 Å². The molecule has 0 bridgehead atoms. The van der Waals surface area contributed by atoms with E-state index >= 15 is 0 Å². The quantitative estimate of drug-likeness (QED) is 0.388. The molecule has 0 unspecified atom stereocenters. The lowest BCUT2D eigenvalue weighted by molar-refractivity contribution is -0.138. The first-order valence-electron chi connectivity index (χ1n) is 5.01. The number of carboxylic acids is 1. The first-order chi connectivity index (χ1) is 7.99. The predicted molar refractivity (Wildman–Crippen MR) is 57.5 cm³/mol. The standard InChI is InChI=1S/C10H15FN2O4/c1-2-7-17-10(16)13(11)6-4-3-5-8(12)9(14)15/h1,8H,3-7,12H2,(H,14,15)/t8-/m0/s1. The van der Waals surface area contributed by atoms with Gasteiger partial charge in [-0.05, 0) is 19.3 Å². The molecular formula is C10H15FN2O4. The first-order valence-corrected chi connectivity index (χ1v) is 5.01. The van der Waals surface area contributed by atoms with Crippen molar-refractivity contribution in [1.29, 1.82) is 0 Å². The van der Waals surface area contributed by atoms with Crippen LogP contribution in [0, 0.1) is 12.3 Å². The molecule has 6 nitrogen and oxygen atoms in total. The van der Waals surface area contributed by atoms with E-state index in [0.717, 1.165) is 0 Å². The number of amides is 1. The maximum Gasteiger partial charge on any atom is 0.439 e. The minimum atomic E-state index is -1.15. The van der Waals surface area contributed by atoms with Crippen LogP contribution in [-0.2, 0) is 9.53 Å². The number of aliphatic carboxylic acids is 1. The zero-order chi connectivity index (χ0) is 13.3. The van der Waals surface area contributed by atoms with Gasteiger partial charge in [-0.25, -0.2) is 4.79 Å². The Kier molecular flexibility index (Phi) is 7.46. The summed E-state index contributed by atoms with van der Waals surface area (Å²) in [6, 6.07) is -0.962. The summed E-state index contributed by atoms with van der Waals surface area (Å²) in [5.74, 6) is 0.929. The molecule has 17 heavy (non-hydrogen) atoms. The number of nitrogens with two attached hydrogens (primary N) is 1. The molecule has 0 rings (SSSR count). The van der Waals surface area contributed by atoms with E-state index in [9.17, 15) is 14.1 Å². The second kappa shape index (κ2) is 8.35. The molecule has 0 aromatic rings. The number of carbonyl (C=O) groups is 2. The Morgan fingerprint density at radius 1 is 1.53 bits per heavy atom. The largest absolute Gasteiger partial charge is 0.480 e. The predicted octanol–water partition coefficient (Wildman–Crippen LogP) is 0.525. The van der Waals surface area contributed by atoms with Gasteiger partial charge in [0.05, 0.1) is 6.54 Å². The van der Waals surface area contributed by atoms with Crippen LogP contribution in [-0.4, -0.2) is 41.5 Å². The van der Waals surface area contributed by atoms with Gasteiger partial charge in [0, 0.05) is 0 Å². The summed E-state index contributed by atoms with van der Waals surface area (Å²) in [5, 5.41) is 8.37. The fourth-order valence-electron chi connectivity index (χ4n) is 1.00. The van der Waals surface area contributed by atoms with Gasteiger partial charge < -0.3 is 15.6 Å². The van der Waals surface area contributed by atoms with Gasteiger partial charge in [0.1, 0.15) is 6.04 Å². The lowest BCUT2D eigenvalue weighted by atomic mass is 10.1. The summed E-state index contributed by atoms with van der Waals surface area (Å²) in [6.07, 6.45) is 4.59. The molecule has 0 saturated heterocycles. The lowest BCUT2D eigenvalue weighted by Crippen LogP contribution is -2.30. The number of unbranched alkanes of at least 4 members (excludes halogenated alkanes) is 1. The Balaban J connectivity index is 3.64. The molecule has 0 aliphatic carbocycles. The molecule has 0 saturated carbocycles. The van der Waals surface area contributed by atoms with Crippen LogP contribution in [0.5, 0.6) is 0 Å². The second-order valence-corrected chi connectivity index (χ2v) is 3.28. The smallest absolute Gasteiger partial charge is 0.439 e. The van der Waals surface area contributed by atoms with Gasteiger partial charge in [0.15, 0.2) is 6.61 Å². The highest BCUT2D eigenvalue weighted by Gasteiger charge is 2.14. The number of hydrogen-bond acceptors (Lipinski definition) is 4. The fraction of sp³-hybridized carbons (Fsp3) is 0.600. The van der Waals surface area contributed by atoms with E-state index in [-0.39, 0.29) is 24.7 Å². The molecule has 1 amide bonds. The Labute approximate surface area is 98.5 Å². The molecule has 1 atom stereocenters. The number of hydrogen-bond donors (Lipinski definition) is 2. The molecule has 0 spiro atoms. The molecule has 0 aliphatic rings. The van der Waals surface area contributed by atoms with Crippen molar-refractivity contribution in [3.8, 4) is 12.3 Å². The fourth-order valence-corrected chi connectivity index (χ4v) is 1.00. The van der Waals surface area contributed by atoms with Gasteiger partial charge in [0.2, 0.25) is 0 Å². The third-order valence-corrected chi connectivity index (χ3v) is 1.91. The number of nitrogens with zero attached hydrogens (tertiary/aromatic N) is 1. The average Bonchev–Trinajstić information content (AvgIpc) is 2.30. The monoisotopic (exact) mass is 246 g/mol. The topological polar surface area (TPSA) is 92.9 Å². The highest BCUT2D eigenvalue weighted by atomic mass is 19.2. The van der Waals surface area contributed by atoms with Gasteiger partial charge in [-0.3, -0.25) is 4.79 Å². The van der Waals surface area contributed by atoms with E-state index in [1.165, 1.54) is 0 Å². The van der Waals surface area contributed by atoms with E-state index in [1.807, 2.05) is 5.92 Å². The molecule has 0 radical (unpaired) electrons. The summed E-state index contributed by atoms with van der Waals surface area (Å²) in [4.78, 5) is 21.2. The van der Waals surface area contributed by atoms with Gasteiger partial charge in [-0.15, -0.1) is 11.5 Å². The molecule has 0 aromatic heterocycles. The second-order valence-electron chi connectivity index (χ2n) is 3.28. The number of ether oxygens (including phenoxy) is 1. The molecule has 0 heterocycles. The van der Waals surface area contributed by atoms with Crippen LogP contribution in [0.1, 0.15) is 19.3 Å². The molecule has 3 N–H and O–H groups in total. The molecular weight excluding hydrogens is 231 g/mol. The van der Waals surface area contributed by atoms with Crippen molar-refractivity contribution in [2.24, 2.45) is 5.73 Å². The molecule has 96 valence electrons. The van der Waals surface area contributed by atoms with Crippen molar-refractivity contribution in [2.75, 3.05) is 13.2 Å². The Bertz CT molecular complexity index is 303. The zero-order valence-electron chi connectivity index (χ0n) is 9.26. The zero-order valence-corrected chi connectivity index (χ0v) is 9.26. The maximum absolute atomic E-state index is 12.9. The van der Waals surface area contributed by atoms with E-state index in [0.29, 0.717) is 12.8 Å². The van der Waals surface area contributed by atoms with Crippen molar-refractivity contribution in [2.45, 2.75) is 25.3 Å². The van der Waals surface area contributed by atoms with Crippen molar-refractivity contribution in [3.05, 3.63) is 0 Å². The van der Waals surface area contributed by atoms with Crippen molar-refractivity contribution >= 4 is 12.1 Å². The minimum absolute atomic E-state index is 0.108. The lowest BCUT2D eigenvalue weighted by Gasteiger charge is -2.11. The summed E-state index contributed by atoms with van der Waals surface area (Å²) < 4.78 is 17.3. The highest BCUT2D eigenvalue weighted by molar-refractivity contribution is 5.72. The number of carbonyl (C=O) groups excluding carboxylic acids is 1. The van der Waals surface area contributed by atoms with Crippen LogP contribution in [0.25, 0.3) is 0 Å². The Morgan fingerprint density at radius 3 is 2.71 bits per heavy atom. The Hall–Kier alpha value is -1.81. The molecule has 0 aromatic carbocycles. The summed E-state index contributed by atoms with van der Waals surface area (Å²) >= 11 is 0. The first kappa shape index (κ1) is 15.2. The normalized spacial score (nSPS) is 11.4. The highest BCUT2D eigenvalue weighted by Crippen LogP contribution is 2.03. The van der Waals surface area contributed by atoms with Crippen LogP contribution in [0.4, 0.5) is 9.28 Å². The van der Waals surface area contributed by atoms with Crippen LogP contribution in [0.2, 0.25) is 0 Å². The third-order valence-electron chi connectivity index (χ3n) is 1.91. The van der Waals surface area contributed by atoms with E-state index in [2.05, 4.69) is 4.74 Å². The van der Waals surface area contributed by atoms with Gasteiger partial charge in [-0.1, -0.05) is 10.4 Å². The summed E-state index contributed by atoms with van der Waals surface area (Å²) in [5.41, 5.74) is 5.24. The molecule has 7 heteroatoms. The van der Waals surface area contributed by atoms with Crippen molar-refractivity contribution in [3.63, 3.8) is 0 Å². The van der Waals surface area contributed by atoms with Crippen LogP contribution in [0.15, 0.2) is 0 Å². The summed E-state index contributed by atoms with van der Waals surface area (Å²) in [6.45, 7) is -0.473. The maximum atomic E-state index is 12.9. The summed E-state index contributed by atoms with van der Waals surface area (Å²) in [7, 11) is 0. The van der Waals surface area contributed by atoms with Crippen LogP contribution < -0.4 is 5.73 Å². The van der Waals surface area contributed by atoms with E-state index in [4.69, 9.17) is 17.3 Å². The van der Waals surface area contributed by atoms with Crippen LogP contribution >= 0.6 is 0 Å². The average molecular weight is 246 g/mol. The van der Waals surface area contributed by atoms with Gasteiger partial charge in [0.25, 0.3) is 0 Å². The van der Waals surface area contributed by atoms with E-state index < -0.39 is 18.1 Å². The third kappa shape index (κ3) is 7.14. The van der Waals surface area contributed by atoms with Gasteiger partial charge in [-0.2, -0.15) is 0 Å². The number of halogens is 1. The minimum Gasteiger partial charge on any atom is -0.480 e. The van der Waals surface area contributed by atoms with Crippen LogP contribution in [0.3, 0.4) is 0 Å². The SMILES string of the molecule is C#CCOC(=O)N(F)CCCC[C@H](N)C(=O)O. The number of carboxylic acid groups (broad SMARTS) is 1. The number of terminal acetylenes is 1. The van der Waals surface area contributed by atoms with Gasteiger partial charge >= 0.3 is 12.1 Å². The molecule has 0 fully saturated rings. The Morgan fingerprint density at radius 2 is 2.18 bits per heavy atom. The molecule has 0 aliphatic heterocycles. The number of rotatable bonds is 7. The van der Waals surface area contributed by atoms with Crippen molar-refractivity contribution < 1.29 is 23.9 Å².